The van der Waals surface area contributed by atoms with Gasteiger partial charge in [-0.3, -0.25) is 20.2 Å². The van der Waals surface area contributed by atoms with Gasteiger partial charge >= 0.3 is 0 Å². The van der Waals surface area contributed by atoms with Gasteiger partial charge in [0.25, 0.3) is 11.6 Å². The Bertz CT molecular complexity index is 1090. The van der Waals surface area contributed by atoms with Crippen LogP contribution in [0, 0.1) is 13.7 Å². The molecule has 7 nitrogen and oxygen atoms in total. The van der Waals surface area contributed by atoms with E-state index in [-0.39, 0.29) is 16.6 Å². The number of halogens is 2. The van der Waals surface area contributed by atoms with Crippen LogP contribution in [-0.4, -0.2) is 15.9 Å². The fraction of sp³-hybridized carbons (Fsp3) is 0. The number of amides is 1. The summed E-state index contributed by atoms with van der Waals surface area (Å²) in [5.41, 5.74) is 0.975. The van der Waals surface area contributed by atoms with Crippen molar-refractivity contribution >= 4 is 68.8 Å². The zero-order chi connectivity index (χ0) is 20.3. The summed E-state index contributed by atoms with van der Waals surface area (Å²) in [6.07, 6.45) is 0. The van der Waals surface area contributed by atoms with Gasteiger partial charge in [-0.15, -0.1) is 0 Å². The molecule has 3 aromatic rings. The Morgan fingerprint density at radius 2 is 1.96 bits per heavy atom. The van der Waals surface area contributed by atoms with E-state index in [4.69, 9.17) is 28.2 Å². The van der Waals surface area contributed by atoms with E-state index in [2.05, 4.69) is 33.2 Å². The monoisotopic (exact) mass is 527 g/mol. The zero-order valence-electron chi connectivity index (χ0n) is 13.9. The maximum atomic E-state index is 12.3. The molecular weight excluding hydrogens is 517 g/mol. The van der Waals surface area contributed by atoms with Gasteiger partial charge < -0.3 is 9.73 Å². The van der Waals surface area contributed by atoms with Gasteiger partial charge in [-0.2, -0.15) is 0 Å². The van der Waals surface area contributed by atoms with Crippen LogP contribution in [0.25, 0.3) is 11.3 Å². The summed E-state index contributed by atoms with van der Waals surface area (Å²) < 4.78 is 6.47. The Morgan fingerprint density at radius 3 is 2.68 bits per heavy atom. The van der Waals surface area contributed by atoms with Gasteiger partial charge in [-0.05, 0) is 65.1 Å². The van der Waals surface area contributed by atoms with Crippen molar-refractivity contribution in [3.05, 3.63) is 79.1 Å². The van der Waals surface area contributed by atoms with Crippen LogP contribution in [0.2, 0.25) is 5.02 Å². The standard InChI is InChI=1S/C18H11ClIN3O4S/c19-13-9-11(20)4-5-14(13)21-18(28)22-17(24)16-7-6-15(27-16)10-2-1-3-12(8-10)23(25)26/h1-9H,(H2,21,22,24,28). The number of furan rings is 1. The highest BCUT2D eigenvalue weighted by atomic mass is 127. The number of nitrogens with one attached hydrogen (secondary N) is 2. The summed E-state index contributed by atoms with van der Waals surface area (Å²) >= 11 is 13.4. The van der Waals surface area contributed by atoms with E-state index in [1.165, 1.54) is 18.2 Å². The molecule has 0 atom stereocenters. The van der Waals surface area contributed by atoms with E-state index in [1.807, 2.05) is 6.07 Å². The first-order valence-electron chi connectivity index (χ1n) is 7.75. The van der Waals surface area contributed by atoms with Crippen molar-refractivity contribution in [2.45, 2.75) is 0 Å². The molecule has 142 valence electrons. The van der Waals surface area contributed by atoms with Gasteiger partial charge in [0.15, 0.2) is 10.9 Å². The quantitative estimate of drug-likeness (QED) is 0.208. The Hall–Kier alpha value is -2.50. The number of nitrogens with zero attached hydrogens (tertiary/aromatic N) is 1. The second-order valence-corrected chi connectivity index (χ2v) is 7.56. The lowest BCUT2D eigenvalue weighted by Gasteiger charge is -2.10. The topological polar surface area (TPSA) is 97.4 Å². The molecule has 10 heteroatoms. The highest BCUT2D eigenvalue weighted by Crippen LogP contribution is 2.26. The van der Waals surface area contributed by atoms with Crippen LogP contribution in [0.5, 0.6) is 0 Å². The average Bonchev–Trinajstić information content (AvgIpc) is 3.14. The largest absolute Gasteiger partial charge is 0.451 e. The van der Waals surface area contributed by atoms with E-state index in [9.17, 15) is 14.9 Å². The van der Waals surface area contributed by atoms with Crippen molar-refractivity contribution < 1.29 is 14.1 Å². The molecule has 1 amide bonds. The molecule has 0 radical (unpaired) electrons. The third-order valence-electron chi connectivity index (χ3n) is 3.58. The molecule has 3 rings (SSSR count). The third kappa shape index (κ3) is 4.86. The first kappa shape index (κ1) is 20.2. The van der Waals surface area contributed by atoms with Gasteiger partial charge in [0.1, 0.15) is 5.76 Å². The lowest BCUT2D eigenvalue weighted by atomic mass is 10.1. The summed E-state index contributed by atoms with van der Waals surface area (Å²) in [6.45, 7) is 0. The molecule has 0 saturated carbocycles. The van der Waals surface area contributed by atoms with Crippen LogP contribution < -0.4 is 10.6 Å². The van der Waals surface area contributed by atoms with E-state index < -0.39 is 10.8 Å². The number of hydrogen-bond acceptors (Lipinski definition) is 5. The van der Waals surface area contributed by atoms with Crippen molar-refractivity contribution in [1.29, 1.82) is 0 Å². The summed E-state index contributed by atoms with van der Waals surface area (Å²) in [7, 11) is 0. The van der Waals surface area contributed by atoms with Crippen LogP contribution >= 0.6 is 46.4 Å². The Labute approximate surface area is 183 Å². The molecule has 0 unspecified atom stereocenters. The predicted molar refractivity (Wildman–Crippen MR) is 119 cm³/mol. The molecule has 0 aliphatic carbocycles. The molecule has 0 aliphatic rings. The maximum Gasteiger partial charge on any atom is 0.293 e. The van der Waals surface area contributed by atoms with Gasteiger partial charge in [-0.1, -0.05) is 23.7 Å². The molecule has 0 fully saturated rings. The predicted octanol–water partition coefficient (Wildman–Crippen LogP) is 5.24. The molecule has 1 aromatic heterocycles. The summed E-state index contributed by atoms with van der Waals surface area (Å²) in [6, 6.07) is 14.3. The van der Waals surface area contributed by atoms with Gasteiger partial charge in [-0.25, -0.2) is 0 Å². The molecular formula is C18H11ClIN3O4S. The van der Waals surface area contributed by atoms with E-state index in [0.717, 1.165) is 3.57 Å². The highest BCUT2D eigenvalue weighted by Gasteiger charge is 2.16. The van der Waals surface area contributed by atoms with E-state index >= 15 is 0 Å². The number of anilines is 1. The Kier molecular flexibility index (Phi) is 6.27. The Balaban J connectivity index is 1.69. The number of benzene rings is 2. The number of carbonyl (C=O) groups excluding carboxylic acids is 1. The average molecular weight is 528 g/mol. The number of carbonyl (C=O) groups is 1. The van der Waals surface area contributed by atoms with Gasteiger partial charge in [0.05, 0.1) is 15.6 Å². The molecule has 0 bridgehead atoms. The normalized spacial score (nSPS) is 10.4. The molecule has 28 heavy (non-hydrogen) atoms. The molecule has 1 heterocycles. The molecule has 2 aromatic carbocycles. The smallest absolute Gasteiger partial charge is 0.293 e. The number of hydrogen-bond donors (Lipinski definition) is 2. The first-order chi connectivity index (χ1) is 13.3. The zero-order valence-corrected chi connectivity index (χ0v) is 17.7. The van der Waals surface area contributed by atoms with E-state index in [1.54, 1.807) is 30.3 Å². The lowest BCUT2D eigenvalue weighted by molar-refractivity contribution is -0.384. The fourth-order valence-electron chi connectivity index (χ4n) is 2.30. The molecule has 0 saturated heterocycles. The Morgan fingerprint density at radius 1 is 1.18 bits per heavy atom. The summed E-state index contributed by atoms with van der Waals surface area (Å²) in [5.74, 6) is -0.219. The van der Waals surface area contributed by atoms with Crippen molar-refractivity contribution in [2.75, 3.05) is 5.32 Å². The minimum atomic E-state index is -0.559. The molecule has 2 N–H and O–H groups in total. The van der Waals surface area contributed by atoms with Crippen molar-refractivity contribution in [3.63, 3.8) is 0 Å². The fourth-order valence-corrected chi connectivity index (χ4v) is 3.40. The minimum Gasteiger partial charge on any atom is -0.451 e. The van der Waals surface area contributed by atoms with Crippen LogP contribution in [0.1, 0.15) is 10.6 Å². The second-order valence-electron chi connectivity index (χ2n) is 5.50. The van der Waals surface area contributed by atoms with Crippen LogP contribution in [0.15, 0.2) is 59.0 Å². The SMILES string of the molecule is O=C(NC(=S)Nc1ccc(I)cc1Cl)c1ccc(-c2cccc([N+](=O)[O-])c2)o1. The molecule has 0 aliphatic heterocycles. The number of non-ortho nitro benzene ring substituents is 1. The van der Waals surface area contributed by atoms with Crippen molar-refractivity contribution in [3.8, 4) is 11.3 Å². The minimum absolute atomic E-state index is 0.0133. The lowest BCUT2D eigenvalue weighted by Crippen LogP contribution is -2.33. The maximum absolute atomic E-state index is 12.3. The van der Waals surface area contributed by atoms with Crippen LogP contribution in [0.3, 0.4) is 0 Å². The van der Waals surface area contributed by atoms with Crippen molar-refractivity contribution in [1.82, 2.24) is 5.32 Å². The summed E-state index contributed by atoms with van der Waals surface area (Å²) in [5, 5.41) is 16.8. The highest BCUT2D eigenvalue weighted by molar-refractivity contribution is 14.1. The third-order valence-corrected chi connectivity index (χ3v) is 4.77. The van der Waals surface area contributed by atoms with E-state index in [0.29, 0.717) is 22.0 Å². The van der Waals surface area contributed by atoms with Crippen molar-refractivity contribution in [2.24, 2.45) is 0 Å². The summed E-state index contributed by atoms with van der Waals surface area (Å²) in [4.78, 5) is 22.7. The number of rotatable bonds is 4. The second kappa shape index (κ2) is 8.67. The van der Waals surface area contributed by atoms with Crippen LogP contribution in [-0.2, 0) is 0 Å². The van der Waals surface area contributed by atoms with Gasteiger partial charge in [0, 0.05) is 21.3 Å². The number of thiocarbonyl (C=S) groups is 1. The number of nitro groups is 1. The first-order valence-corrected chi connectivity index (χ1v) is 9.62. The van der Waals surface area contributed by atoms with Gasteiger partial charge in [0.2, 0.25) is 0 Å². The molecule has 0 spiro atoms. The van der Waals surface area contributed by atoms with Crippen LogP contribution in [0.4, 0.5) is 11.4 Å². The number of nitro benzene ring substituents is 1.